The van der Waals surface area contributed by atoms with E-state index in [4.69, 9.17) is 15.0 Å². The molecule has 0 aliphatic carbocycles. The minimum atomic E-state index is 0.636. The molecule has 0 unspecified atom stereocenters. The molecule has 0 spiro atoms. The van der Waals surface area contributed by atoms with Gasteiger partial charge in [0.05, 0.1) is 11.6 Å². The van der Waals surface area contributed by atoms with E-state index in [1.807, 2.05) is 84.9 Å². The first-order valence-electron chi connectivity index (χ1n) is 15.8. The highest BCUT2D eigenvalue weighted by atomic mass is 15.0. The fourth-order valence-corrected chi connectivity index (χ4v) is 6.14. The first-order chi connectivity index (χ1) is 23.7. The van der Waals surface area contributed by atoms with Gasteiger partial charge in [0.2, 0.25) is 0 Å². The second-order valence-electron chi connectivity index (χ2n) is 11.6. The minimum Gasteiger partial charge on any atom is -0.208 e. The summed E-state index contributed by atoms with van der Waals surface area (Å²) in [6.45, 7) is 0. The van der Waals surface area contributed by atoms with E-state index in [0.717, 1.165) is 44.5 Å². The highest BCUT2D eigenvalue weighted by Gasteiger charge is 2.14. The quantitative estimate of drug-likeness (QED) is 0.187. The summed E-state index contributed by atoms with van der Waals surface area (Å²) in [6, 6.07) is 60.1. The van der Waals surface area contributed by atoms with Crippen molar-refractivity contribution in [1.29, 1.82) is 5.26 Å². The Bertz CT molecular complexity index is 2370. The van der Waals surface area contributed by atoms with Crippen molar-refractivity contribution in [2.45, 2.75) is 0 Å². The predicted molar refractivity (Wildman–Crippen MR) is 195 cm³/mol. The van der Waals surface area contributed by atoms with Gasteiger partial charge >= 0.3 is 0 Å². The highest BCUT2D eigenvalue weighted by Crippen LogP contribution is 2.37. The lowest BCUT2D eigenvalue weighted by atomic mass is 9.90. The largest absolute Gasteiger partial charge is 0.208 e. The van der Waals surface area contributed by atoms with Crippen LogP contribution in [0.5, 0.6) is 0 Å². The maximum atomic E-state index is 9.20. The lowest BCUT2D eigenvalue weighted by molar-refractivity contribution is 1.07. The molecule has 8 rings (SSSR count). The van der Waals surface area contributed by atoms with Crippen LogP contribution in [0, 0.1) is 11.3 Å². The third kappa shape index (κ3) is 5.62. The van der Waals surface area contributed by atoms with Crippen LogP contribution >= 0.6 is 0 Å². The molecule has 0 saturated carbocycles. The lowest BCUT2D eigenvalue weighted by Gasteiger charge is -2.14. The molecule has 1 heterocycles. The molecule has 0 fully saturated rings. The van der Waals surface area contributed by atoms with Crippen LogP contribution in [0.25, 0.3) is 78.3 Å². The van der Waals surface area contributed by atoms with Crippen molar-refractivity contribution >= 4 is 10.8 Å². The molecule has 0 amide bonds. The second kappa shape index (κ2) is 12.6. The van der Waals surface area contributed by atoms with Crippen LogP contribution in [0.15, 0.2) is 170 Å². The average molecular weight is 613 g/mol. The summed E-state index contributed by atoms with van der Waals surface area (Å²) in [6.07, 6.45) is 0. The van der Waals surface area contributed by atoms with Crippen molar-refractivity contribution in [3.05, 3.63) is 175 Å². The standard InChI is InChI=1S/C44H28N4/c45-29-30-18-20-31(21-19-30)36-14-9-15-37(28-36)39-27-26-38(40-16-7-8-17-41(39)40)32-22-24-35(25-23-32)44-47-42(33-10-3-1-4-11-33)46-43(48-44)34-12-5-2-6-13-34/h1-28H. The Kier molecular flexibility index (Phi) is 7.54. The molecule has 0 atom stereocenters. The van der Waals surface area contributed by atoms with Gasteiger partial charge in [-0.1, -0.05) is 152 Å². The summed E-state index contributed by atoms with van der Waals surface area (Å²) in [7, 11) is 0. The summed E-state index contributed by atoms with van der Waals surface area (Å²) in [5.41, 5.74) is 10.3. The van der Waals surface area contributed by atoms with Crippen LogP contribution in [-0.2, 0) is 0 Å². The van der Waals surface area contributed by atoms with Crippen LogP contribution < -0.4 is 0 Å². The normalized spacial score (nSPS) is 10.9. The van der Waals surface area contributed by atoms with Crippen LogP contribution in [0.1, 0.15) is 5.56 Å². The molecule has 8 aromatic rings. The Morgan fingerprint density at radius 3 is 1.29 bits per heavy atom. The summed E-state index contributed by atoms with van der Waals surface area (Å²) in [4.78, 5) is 14.6. The summed E-state index contributed by atoms with van der Waals surface area (Å²) in [5.74, 6) is 1.93. The summed E-state index contributed by atoms with van der Waals surface area (Å²) in [5, 5.41) is 11.6. The van der Waals surface area contributed by atoms with Gasteiger partial charge in [-0.25, -0.2) is 15.0 Å². The van der Waals surface area contributed by atoms with Gasteiger partial charge in [0.25, 0.3) is 0 Å². The molecule has 1 aromatic heterocycles. The highest BCUT2D eigenvalue weighted by molar-refractivity contribution is 6.05. The number of fused-ring (bicyclic) bond motifs is 1. The molecule has 4 nitrogen and oxygen atoms in total. The van der Waals surface area contributed by atoms with E-state index in [-0.39, 0.29) is 0 Å². The average Bonchev–Trinajstić information content (AvgIpc) is 3.18. The van der Waals surface area contributed by atoms with Crippen LogP contribution in [0.2, 0.25) is 0 Å². The van der Waals surface area contributed by atoms with Crippen molar-refractivity contribution in [2.75, 3.05) is 0 Å². The Labute approximate surface area is 279 Å². The van der Waals surface area contributed by atoms with E-state index < -0.39 is 0 Å². The number of benzene rings is 7. The van der Waals surface area contributed by atoms with Crippen LogP contribution in [-0.4, -0.2) is 15.0 Å². The number of nitriles is 1. The SMILES string of the molecule is N#Cc1ccc(-c2cccc(-c3ccc(-c4ccc(-c5nc(-c6ccccc6)nc(-c6ccccc6)n5)cc4)c4ccccc34)c2)cc1. The van der Waals surface area contributed by atoms with Gasteiger partial charge in [0, 0.05) is 16.7 Å². The van der Waals surface area contributed by atoms with Gasteiger partial charge < -0.3 is 0 Å². The van der Waals surface area contributed by atoms with Crippen molar-refractivity contribution in [3.8, 4) is 73.6 Å². The van der Waals surface area contributed by atoms with E-state index in [0.29, 0.717) is 23.0 Å². The second-order valence-corrected chi connectivity index (χ2v) is 11.6. The minimum absolute atomic E-state index is 0.636. The molecule has 48 heavy (non-hydrogen) atoms. The maximum absolute atomic E-state index is 9.20. The summed E-state index contributed by atoms with van der Waals surface area (Å²) < 4.78 is 0. The molecule has 7 aromatic carbocycles. The zero-order valence-electron chi connectivity index (χ0n) is 26.0. The molecule has 224 valence electrons. The smallest absolute Gasteiger partial charge is 0.164 e. The molecule has 0 saturated heterocycles. The molecule has 4 heteroatoms. The number of hydrogen-bond acceptors (Lipinski definition) is 4. The topological polar surface area (TPSA) is 62.5 Å². The lowest BCUT2D eigenvalue weighted by Crippen LogP contribution is -2.00. The summed E-state index contributed by atoms with van der Waals surface area (Å²) >= 11 is 0. The van der Waals surface area contributed by atoms with Crippen LogP contribution in [0.4, 0.5) is 0 Å². The van der Waals surface area contributed by atoms with Gasteiger partial charge in [-0.15, -0.1) is 0 Å². The van der Waals surface area contributed by atoms with Crippen molar-refractivity contribution in [2.24, 2.45) is 0 Å². The zero-order chi connectivity index (χ0) is 32.3. The van der Waals surface area contributed by atoms with Gasteiger partial charge in [0.15, 0.2) is 17.5 Å². The van der Waals surface area contributed by atoms with E-state index in [9.17, 15) is 5.26 Å². The van der Waals surface area contributed by atoms with Gasteiger partial charge in [-0.3, -0.25) is 0 Å². The van der Waals surface area contributed by atoms with Gasteiger partial charge in [-0.2, -0.15) is 5.26 Å². The Balaban J connectivity index is 1.17. The maximum Gasteiger partial charge on any atom is 0.164 e. The monoisotopic (exact) mass is 612 g/mol. The van der Waals surface area contributed by atoms with E-state index in [1.54, 1.807) is 0 Å². The van der Waals surface area contributed by atoms with Crippen LogP contribution in [0.3, 0.4) is 0 Å². The van der Waals surface area contributed by atoms with E-state index >= 15 is 0 Å². The Hall–Kier alpha value is -6.70. The third-order valence-electron chi connectivity index (χ3n) is 8.60. The Morgan fingerprint density at radius 1 is 0.333 bits per heavy atom. The fraction of sp³-hybridized carbons (Fsp3) is 0. The molecular weight excluding hydrogens is 585 g/mol. The molecule has 0 radical (unpaired) electrons. The first-order valence-corrected chi connectivity index (χ1v) is 15.8. The van der Waals surface area contributed by atoms with Crippen molar-refractivity contribution in [1.82, 2.24) is 15.0 Å². The fourth-order valence-electron chi connectivity index (χ4n) is 6.14. The Morgan fingerprint density at radius 2 is 0.750 bits per heavy atom. The van der Waals surface area contributed by atoms with E-state index in [1.165, 1.54) is 16.3 Å². The van der Waals surface area contributed by atoms with Crippen molar-refractivity contribution < 1.29 is 0 Å². The van der Waals surface area contributed by atoms with Gasteiger partial charge in [-0.05, 0) is 62.4 Å². The third-order valence-corrected chi connectivity index (χ3v) is 8.60. The molecule has 0 aliphatic heterocycles. The first kappa shape index (κ1) is 28.8. The number of hydrogen-bond donors (Lipinski definition) is 0. The number of nitrogens with zero attached hydrogens (tertiary/aromatic N) is 4. The molecule has 0 aliphatic rings. The molecular formula is C44H28N4. The molecule has 0 bridgehead atoms. The predicted octanol–water partition coefficient (Wildman–Crippen LogP) is 10.9. The zero-order valence-corrected chi connectivity index (χ0v) is 26.0. The van der Waals surface area contributed by atoms with Crippen molar-refractivity contribution in [3.63, 3.8) is 0 Å². The number of aromatic nitrogens is 3. The van der Waals surface area contributed by atoms with E-state index in [2.05, 4.69) is 91.0 Å². The number of rotatable bonds is 6. The molecule has 0 N–H and O–H groups in total. The van der Waals surface area contributed by atoms with Gasteiger partial charge in [0.1, 0.15) is 0 Å².